The molecule has 0 amide bonds. The number of rotatable bonds is 5. The highest BCUT2D eigenvalue weighted by Gasteiger charge is 2.25. The van der Waals surface area contributed by atoms with Crippen molar-refractivity contribution >= 4 is 27.0 Å². The first kappa shape index (κ1) is 14.0. The lowest BCUT2D eigenvalue weighted by Gasteiger charge is -2.17. The van der Waals surface area contributed by atoms with E-state index in [1.165, 1.54) is 21.8 Å². The molecule has 19 heavy (non-hydrogen) atoms. The predicted molar refractivity (Wildman–Crippen MR) is 76.8 cm³/mol. The SMILES string of the molecule is CNc1cccnc1S(=O)(=O)N(C)Cc1cccs1. The Labute approximate surface area is 117 Å². The number of hydrogen-bond donors (Lipinski definition) is 1. The van der Waals surface area contributed by atoms with Gasteiger partial charge in [0.2, 0.25) is 0 Å². The van der Waals surface area contributed by atoms with Gasteiger partial charge in [-0.1, -0.05) is 6.07 Å². The number of hydrogen-bond acceptors (Lipinski definition) is 5. The van der Waals surface area contributed by atoms with Crippen molar-refractivity contribution in [2.24, 2.45) is 0 Å². The van der Waals surface area contributed by atoms with Gasteiger partial charge in [-0.05, 0) is 23.6 Å². The van der Waals surface area contributed by atoms with E-state index in [9.17, 15) is 8.42 Å². The summed E-state index contributed by atoms with van der Waals surface area (Å²) in [5.74, 6) is 0. The Hall–Kier alpha value is -1.44. The number of nitrogens with one attached hydrogen (secondary N) is 1. The molecular weight excluding hydrogens is 282 g/mol. The maximum Gasteiger partial charge on any atom is 0.262 e. The summed E-state index contributed by atoms with van der Waals surface area (Å²) in [6, 6.07) is 7.21. The fourth-order valence-corrected chi connectivity index (χ4v) is 3.73. The van der Waals surface area contributed by atoms with E-state index in [4.69, 9.17) is 0 Å². The molecule has 0 aliphatic heterocycles. The molecule has 2 aromatic rings. The van der Waals surface area contributed by atoms with Gasteiger partial charge in [0.1, 0.15) is 0 Å². The molecule has 0 unspecified atom stereocenters. The van der Waals surface area contributed by atoms with Crippen LogP contribution >= 0.6 is 11.3 Å². The van der Waals surface area contributed by atoms with Crippen molar-refractivity contribution in [2.75, 3.05) is 19.4 Å². The van der Waals surface area contributed by atoms with Gasteiger partial charge < -0.3 is 5.32 Å². The van der Waals surface area contributed by atoms with Crippen LogP contribution in [-0.4, -0.2) is 31.8 Å². The third kappa shape index (κ3) is 2.94. The monoisotopic (exact) mass is 297 g/mol. The van der Waals surface area contributed by atoms with E-state index in [1.54, 1.807) is 26.2 Å². The summed E-state index contributed by atoms with van der Waals surface area (Å²) in [6.45, 7) is 0.347. The van der Waals surface area contributed by atoms with E-state index in [-0.39, 0.29) is 5.03 Å². The first-order valence-electron chi connectivity index (χ1n) is 5.67. The highest BCUT2D eigenvalue weighted by atomic mass is 32.2. The van der Waals surface area contributed by atoms with Crippen LogP contribution in [0.25, 0.3) is 0 Å². The molecular formula is C12H15N3O2S2. The van der Waals surface area contributed by atoms with Gasteiger partial charge in [0.05, 0.1) is 5.69 Å². The molecule has 0 atom stereocenters. The van der Waals surface area contributed by atoms with Gasteiger partial charge in [-0.25, -0.2) is 13.4 Å². The summed E-state index contributed by atoms with van der Waals surface area (Å²) in [5.41, 5.74) is 0.500. The molecule has 2 aromatic heterocycles. The molecule has 7 heteroatoms. The summed E-state index contributed by atoms with van der Waals surface area (Å²) in [5, 5.41) is 4.83. The molecule has 102 valence electrons. The van der Waals surface area contributed by atoms with E-state index in [0.29, 0.717) is 12.2 Å². The second kappa shape index (κ2) is 5.68. The van der Waals surface area contributed by atoms with Gasteiger partial charge in [-0.3, -0.25) is 0 Å². The quantitative estimate of drug-likeness (QED) is 0.917. The van der Waals surface area contributed by atoms with Crippen molar-refractivity contribution in [1.82, 2.24) is 9.29 Å². The van der Waals surface area contributed by atoms with Gasteiger partial charge >= 0.3 is 0 Å². The van der Waals surface area contributed by atoms with Gasteiger partial charge in [0.15, 0.2) is 5.03 Å². The van der Waals surface area contributed by atoms with Gasteiger partial charge in [0, 0.05) is 31.7 Å². The molecule has 0 saturated carbocycles. The largest absolute Gasteiger partial charge is 0.386 e. The lowest BCUT2D eigenvalue weighted by Crippen LogP contribution is -2.27. The summed E-state index contributed by atoms with van der Waals surface area (Å²) in [6.07, 6.45) is 1.48. The topological polar surface area (TPSA) is 62.3 Å². The van der Waals surface area contributed by atoms with Crippen LogP contribution in [0.2, 0.25) is 0 Å². The molecule has 0 fully saturated rings. The molecule has 2 rings (SSSR count). The zero-order valence-electron chi connectivity index (χ0n) is 10.7. The lowest BCUT2D eigenvalue weighted by molar-refractivity contribution is 0.467. The minimum atomic E-state index is -3.59. The Morgan fingerprint density at radius 1 is 1.37 bits per heavy atom. The van der Waals surface area contributed by atoms with Crippen LogP contribution in [0.1, 0.15) is 4.88 Å². The Morgan fingerprint density at radius 3 is 2.79 bits per heavy atom. The van der Waals surface area contributed by atoms with E-state index in [0.717, 1.165) is 4.88 Å². The Bertz CT molecular complexity index is 639. The number of anilines is 1. The molecule has 1 N–H and O–H groups in total. The first-order chi connectivity index (χ1) is 9.05. The summed E-state index contributed by atoms with van der Waals surface area (Å²) in [7, 11) is -0.357. The summed E-state index contributed by atoms with van der Waals surface area (Å²) >= 11 is 1.53. The zero-order chi connectivity index (χ0) is 13.9. The van der Waals surface area contributed by atoms with Gasteiger partial charge in [-0.2, -0.15) is 4.31 Å². The standard InChI is InChI=1S/C12H15N3O2S2/c1-13-11-6-3-7-14-12(11)19(16,17)15(2)9-10-5-4-8-18-10/h3-8,13H,9H2,1-2H3. The predicted octanol–water partition coefficient (Wildman–Crippen LogP) is 2.01. The molecule has 2 heterocycles. The lowest BCUT2D eigenvalue weighted by atomic mass is 10.4. The van der Waals surface area contributed by atoms with Crippen LogP contribution < -0.4 is 5.32 Å². The highest BCUT2D eigenvalue weighted by molar-refractivity contribution is 7.89. The zero-order valence-corrected chi connectivity index (χ0v) is 12.3. The van der Waals surface area contributed by atoms with Crippen LogP contribution in [0.5, 0.6) is 0 Å². The van der Waals surface area contributed by atoms with E-state index >= 15 is 0 Å². The summed E-state index contributed by atoms with van der Waals surface area (Å²) in [4.78, 5) is 4.98. The molecule has 0 bridgehead atoms. The average molecular weight is 297 g/mol. The maximum absolute atomic E-state index is 12.5. The molecule has 5 nitrogen and oxygen atoms in total. The van der Waals surface area contributed by atoms with Gasteiger partial charge in [-0.15, -0.1) is 11.3 Å². The highest BCUT2D eigenvalue weighted by Crippen LogP contribution is 2.22. The molecule has 0 saturated heterocycles. The second-order valence-corrected chi connectivity index (χ2v) is 6.94. The average Bonchev–Trinajstić information content (AvgIpc) is 2.91. The van der Waals surface area contributed by atoms with Crippen molar-refractivity contribution in [3.8, 4) is 0 Å². The van der Waals surface area contributed by atoms with Crippen molar-refractivity contribution in [1.29, 1.82) is 0 Å². The van der Waals surface area contributed by atoms with Crippen molar-refractivity contribution in [3.05, 3.63) is 40.7 Å². The van der Waals surface area contributed by atoms with Crippen LogP contribution in [-0.2, 0) is 16.6 Å². The van der Waals surface area contributed by atoms with Crippen LogP contribution in [0.4, 0.5) is 5.69 Å². The number of thiophene rings is 1. The van der Waals surface area contributed by atoms with E-state index in [1.807, 2.05) is 17.5 Å². The minimum Gasteiger partial charge on any atom is -0.386 e. The normalized spacial score (nSPS) is 11.7. The summed E-state index contributed by atoms with van der Waals surface area (Å²) < 4.78 is 26.2. The van der Waals surface area contributed by atoms with Gasteiger partial charge in [0.25, 0.3) is 10.0 Å². The van der Waals surface area contributed by atoms with E-state index < -0.39 is 10.0 Å². The molecule has 0 spiro atoms. The van der Waals surface area contributed by atoms with Crippen LogP contribution in [0.15, 0.2) is 40.9 Å². The Kier molecular flexibility index (Phi) is 4.18. The second-order valence-electron chi connectivity index (χ2n) is 3.95. The van der Waals surface area contributed by atoms with Crippen molar-refractivity contribution < 1.29 is 8.42 Å². The number of pyridine rings is 1. The molecule has 0 aliphatic rings. The minimum absolute atomic E-state index is 0.0524. The smallest absolute Gasteiger partial charge is 0.262 e. The molecule has 0 radical (unpaired) electrons. The fraction of sp³-hybridized carbons (Fsp3) is 0.250. The molecule has 0 aliphatic carbocycles. The van der Waals surface area contributed by atoms with Crippen molar-refractivity contribution in [2.45, 2.75) is 11.6 Å². The fourth-order valence-electron chi connectivity index (χ4n) is 1.64. The third-order valence-electron chi connectivity index (χ3n) is 2.65. The number of aromatic nitrogens is 1. The Balaban J connectivity index is 2.31. The van der Waals surface area contributed by atoms with Crippen LogP contribution in [0.3, 0.4) is 0 Å². The van der Waals surface area contributed by atoms with E-state index in [2.05, 4.69) is 10.3 Å². The first-order valence-corrected chi connectivity index (χ1v) is 7.99. The molecule has 0 aromatic carbocycles. The maximum atomic E-state index is 12.5. The van der Waals surface area contributed by atoms with Crippen molar-refractivity contribution in [3.63, 3.8) is 0 Å². The number of sulfonamides is 1. The number of nitrogens with zero attached hydrogens (tertiary/aromatic N) is 2. The third-order valence-corrected chi connectivity index (χ3v) is 5.28. The Morgan fingerprint density at radius 2 is 2.16 bits per heavy atom. The van der Waals surface area contributed by atoms with Crippen LogP contribution in [0, 0.1) is 0 Å².